The van der Waals surface area contributed by atoms with Crippen molar-refractivity contribution >= 4 is 27.3 Å². The van der Waals surface area contributed by atoms with Crippen LogP contribution in [0.2, 0.25) is 5.02 Å². The largest absolute Gasteiger partial charge is 0.618 e. The van der Waals surface area contributed by atoms with E-state index in [0.717, 1.165) is 6.20 Å². The molecule has 0 saturated heterocycles. The van der Waals surface area contributed by atoms with Crippen LogP contribution in [-0.2, 0) is 10.0 Å². The summed E-state index contributed by atoms with van der Waals surface area (Å²) < 4.78 is 27.5. The highest BCUT2D eigenvalue weighted by molar-refractivity contribution is 7.92. The van der Waals surface area contributed by atoms with Gasteiger partial charge in [-0.2, -0.15) is 4.73 Å². The lowest BCUT2D eigenvalue weighted by atomic mass is 10.2. The lowest BCUT2D eigenvalue weighted by Crippen LogP contribution is -2.32. The van der Waals surface area contributed by atoms with Gasteiger partial charge in [0.1, 0.15) is 0 Å². The van der Waals surface area contributed by atoms with Gasteiger partial charge in [-0.25, -0.2) is 8.42 Å². The molecule has 1 heterocycles. The van der Waals surface area contributed by atoms with E-state index in [1.807, 2.05) is 0 Å². The van der Waals surface area contributed by atoms with E-state index >= 15 is 0 Å². The van der Waals surface area contributed by atoms with Gasteiger partial charge in [-0.3, -0.25) is 4.72 Å². The van der Waals surface area contributed by atoms with E-state index in [9.17, 15) is 13.6 Å². The van der Waals surface area contributed by atoms with E-state index in [0.29, 0.717) is 26.7 Å². The zero-order valence-electron chi connectivity index (χ0n) is 10.9. The van der Waals surface area contributed by atoms with Crippen LogP contribution >= 0.6 is 11.6 Å². The number of pyridine rings is 1. The number of sulfonamides is 1. The Morgan fingerprint density at radius 2 is 1.80 bits per heavy atom. The molecular formula is C13H13ClN2O3S. The highest BCUT2D eigenvalue weighted by Crippen LogP contribution is 2.20. The molecule has 0 aliphatic rings. The average molecular weight is 313 g/mol. The molecule has 0 saturated carbocycles. The third-order valence-electron chi connectivity index (χ3n) is 2.78. The molecule has 106 valence electrons. The molecule has 0 spiro atoms. The van der Waals surface area contributed by atoms with Crippen molar-refractivity contribution in [2.75, 3.05) is 4.72 Å². The van der Waals surface area contributed by atoms with Gasteiger partial charge >= 0.3 is 0 Å². The van der Waals surface area contributed by atoms with Crippen molar-refractivity contribution in [2.24, 2.45) is 0 Å². The Bertz CT molecular complexity index is 743. The Kier molecular flexibility index (Phi) is 3.87. The van der Waals surface area contributed by atoms with E-state index in [1.54, 1.807) is 38.1 Å². The minimum absolute atomic E-state index is 0.0481. The Balaban J connectivity index is 2.40. The van der Waals surface area contributed by atoms with Crippen LogP contribution in [0.3, 0.4) is 0 Å². The second-order valence-electron chi connectivity index (χ2n) is 4.40. The van der Waals surface area contributed by atoms with Crippen LogP contribution in [0.5, 0.6) is 0 Å². The maximum absolute atomic E-state index is 12.3. The summed E-state index contributed by atoms with van der Waals surface area (Å²) in [4.78, 5) is -0.0481. The van der Waals surface area contributed by atoms with Crippen LogP contribution in [-0.4, -0.2) is 8.42 Å². The monoisotopic (exact) mass is 312 g/mol. The molecule has 0 radical (unpaired) electrons. The Hall–Kier alpha value is -1.79. The summed E-state index contributed by atoms with van der Waals surface area (Å²) in [6.07, 6.45) is 1.06. The van der Waals surface area contributed by atoms with Gasteiger partial charge in [0.15, 0.2) is 10.6 Å². The standard InChI is InChI=1S/C13H13ClN2O3S/c1-9-7-10(2)16(17)8-13(9)20(18,19)15-12-5-3-11(14)4-6-12/h3-8,15H,1-2H3. The molecule has 20 heavy (non-hydrogen) atoms. The molecule has 0 amide bonds. The number of aryl methyl sites for hydroxylation is 2. The Labute approximate surface area is 122 Å². The molecule has 0 atom stereocenters. The van der Waals surface area contributed by atoms with E-state index in [4.69, 9.17) is 11.6 Å². The van der Waals surface area contributed by atoms with Gasteiger partial charge in [0.2, 0.25) is 6.20 Å². The molecule has 7 heteroatoms. The summed E-state index contributed by atoms with van der Waals surface area (Å²) >= 11 is 5.74. The Morgan fingerprint density at radius 3 is 2.40 bits per heavy atom. The number of hydrogen-bond donors (Lipinski definition) is 1. The summed E-state index contributed by atoms with van der Waals surface area (Å²) in [6, 6.07) is 7.79. The summed E-state index contributed by atoms with van der Waals surface area (Å²) in [5, 5.41) is 12.1. The van der Waals surface area contributed by atoms with Crippen LogP contribution < -0.4 is 9.45 Å². The average Bonchev–Trinajstić information content (AvgIpc) is 2.36. The highest BCUT2D eigenvalue weighted by Gasteiger charge is 2.21. The van der Waals surface area contributed by atoms with Crippen molar-refractivity contribution in [3.05, 3.63) is 58.0 Å². The summed E-state index contributed by atoms with van der Waals surface area (Å²) in [5.74, 6) is 0. The topological polar surface area (TPSA) is 73.1 Å². The lowest BCUT2D eigenvalue weighted by molar-refractivity contribution is -0.614. The number of hydrogen-bond acceptors (Lipinski definition) is 3. The summed E-state index contributed by atoms with van der Waals surface area (Å²) in [5.41, 5.74) is 1.33. The fourth-order valence-electron chi connectivity index (χ4n) is 1.77. The van der Waals surface area contributed by atoms with Crippen LogP contribution in [0, 0.1) is 19.1 Å². The summed E-state index contributed by atoms with van der Waals surface area (Å²) in [7, 11) is -3.81. The molecule has 0 aliphatic carbocycles. The van der Waals surface area contributed by atoms with Gasteiger partial charge in [0, 0.05) is 23.7 Å². The second kappa shape index (κ2) is 5.30. The van der Waals surface area contributed by atoms with Gasteiger partial charge in [0.25, 0.3) is 10.0 Å². The smallest absolute Gasteiger partial charge is 0.268 e. The maximum atomic E-state index is 12.3. The van der Waals surface area contributed by atoms with Crippen molar-refractivity contribution in [1.82, 2.24) is 0 Å². The molecule has 0 aliphatic heterocycles. The third-order valence-corrected chi connectivity index (χ3v) is 4.54. The maximum Gasteiger partial charge on any atom is 0.268 e. The molecular weight excluding hydrogens is 300 g/mol. The molecule has 0 bridgehead atoms. The van der Waals surface area contributed by atoms with Gasteiger partial charge in [0.05, 0.1) is 0 Å². The first-order valence-electron chi connectivity index (χ1n) is 5.78. The van der Waals surface area contributed by atoms with E-state index in [1.165, 1.54) is 6.07 Å². The minimum Gasteiger partial charge on any atom is -0.618 e. The summed E-state index contributed by atoms with van der Waals surface area (Å²) in [6.45, 7) is 3.26. The predicted molar refractivity (Wildman–Crippen MR) is 77.1 cm³/mol. The lowest BCUT2D eigenvalue weighted by Gasteiger charge is -2.11. The van der Waals surface area contributed by atoms with Crippen molar-refractivity contribution in [3.63, 3.8) is 0 Å². The van der Waals surface area contributed by atoms with Crippen molar-refractivity contribution < 1.29 is 13.1 Å². The first kappa shape index (κ1) is 14.6. The van der Waals surface area contributed by atoms with Gasteiger partial charge < -0.3 is 5.21 Å². The molecule has 1 aromatic heterocycles. The molecule has 0 fully saturated rings. The number of anilines is 1. The zero-order chi connectivity index (χ0) is 14.9. The SMILES string of the molecule is Cc1cc(C)[n+]([O-])cc1S(=O)(=O)Nc1ccc(Cl)cc1. The number of aromatic nitrogens is 1. The first-order chi connectivity index (χ1) is 9.29. The fourth-order valence-corrected chi connectivity index (χ4v) is 3.17. The normalized spacial score (nSPS) is 11.3. The zero-order valence-corrected chi connectivity index (χ0v) is 12.5. The number of benzene rings is 1. The predicted octanol–water partition coefficient (Wildman–Crippen LogP) is 2.39. The molecule has 0 unspecified atom stereocenters. The van der Waals surface area contributed by atoms with Crippen LogP contribution in [0.4, 0.5) is 5.69 Å². The number of rotatable bonds is 3. The second-order valence-corrected chi connectivity index (χ2v) is 6.49. The molecule has 1 aromatic carbocycles. The first-order valence-corrected chi connectivity index (χ1v) is 7.64. The van der Waals surface area contributed by atoms with Crippen molar-refractivity contribution in [1.29, 1.82) is 0 Å². The van der Waals surface area contributed by atoms with Crippen LogP contribution in [0.25, 0.3) is 0 Å². The van der Waals surface area contributed by atoms with Crippen LogP contribution in [0.15, 0.2) is 41.4 Å². The van der Waals surface area contributed by atoms with Gasteiger partial charge in [-0.15, -0.1) is 0 Å². The molecule has 2 rings (SSSR count). The van der Waals surface area contributed by atoms with E-state index < -0.39 is 10.0 Å². The van der Waals surface area contributed by atoms with E-state index in [2.05, 4.69) is 4.72 Å². The quantitative estimate of drug-likeness (QED) is 0.698. The number of halogens is 1. The molecule has 5 nitrogen and oxygen atoms in total. The highest BCUT2D eigenvalue weighted by atomic mass is 35.5. The number of nitrogens with zero attached hydrogens (tertiary/aromatic N) is 1. The van der Waals surface area contributed by atoms with Gasteiger partial charge in [-0.05, 0) is 36.8 Å². The number of nitrogens with one attached hydrogen (secondary N) is 1. The van der Waals surface area contributed by atoms with E-state index in [-0.39, 0.29) is 4.90 Å². The van der Waals surface area contributed by atoms with Crippen molar-refractivity contribution in [2.45, 2.75) is 18.7 Å². The molecule has 1 N–H and O–H groups in total. The Morgan fingerprint density at radius 1 is 1.20 bits per heavy atom. The molecule has 2 aromatic rings. The fraction of sp³-hybridized carbons (Fsp3) is 0.154. The van der Waals surface area contributed by atoms with Gasteiger partial charge in [-0.1, -0.05) is 11.6 Å². The third kappa shape index (κ3) is 3.02. The van der Waals surface area contributed by atoms with Crippen molar-refractivity contribution in [3.8, 4) is 0 Å². The minimum atomic E-state index is -3.81. The van der Waals surface area contributed by atoms with Crippen LogP contribution in [0.1, 0.15) is 11.3 Å².